The topological polar surface area (TPSA) is 20.2 Å². The van der Waals surface area contributed by atoms with Crippen molar-refractivity contribution < 1.29 is 5.11 Å². The van der Waals surface area contributed by atoms with Gasteiger partial charge in [-0.15, -0.1) is 0 Å². The quantitative estimate of drug-likeness (QED) is 0.687. The summed E-state index contributed by atoms with van der Waals surface area (Å²) in [6.45, 7) is 1.91. The van der Waals surface area contributed by atoms with E-state index in [1.165, 1.54) is 57.8 Å². The smallest absolute Gasteiger partial charge is 0.0517 e. The van der Waals surface area contributed by atoms with E-state index in [2.05, 4.69) is 12.2 Å². The van der Waals surface area contributed by atoms with Gasteiger partial charge in [0.25, 0.3) is 0 Å². The molecule has 0 radical (unpaired) electrons. The highest BCUT2D eigenvalue weighted by atomic mass is 16.3. The molecule has 0 amide bonds. The molecule has 16 heavy (non-hydrogen) atoms. The zero-order valence-corrected chi connectivity index (χ0v) is 10.8. The normalized spacial score (nSPS) is 26.8. The Morgan fingerprint density at radius 2 is 1.69 bits per heavy atom. The van der Waals surface area contributed by atoms with E-state index in [1.807, 2.05) is 6.92 Å². The zero-order chi connectivity index (χ0) is 11.6. The summed E-state index contributed by atoms with van der Waals surface area (Å²) in [7, 11) is 0. The highest BCUT2D eigenvalue weighted by Crippen LogP contribution is 2.20. The molecule has 0 aromatic heterocycles. The first-order chi connectivity index (χ1) is 7.79. The van der Waals surface area contributed by atoms with Gasteiger partial charge in [-0.05, 0) is 38.5 Å². The van der Waals surface area contributed by atoms with Crippen LogP contribution < -0.4 is 0 Å². The Morgan fingerprint density at radius 3 is 2.38 bits per heavy atom. The van der Waals surface area contributed by atoms with Gasteiger partial charge in [0.2, 0.25) is 0 Å². The van der Waals surface area contributed by atoms with Gasteiger partial charge in [-0.1, -0.05) is 50.7 Å². The van der Waals surface area contributed by atoms with Crippen molar-refractivity contribution in [1.29, 1.82) is 0 Å². The Kier molecular flexibility index (Phi) is 7.58. The minimum Gasteiger partial charge on any atom is -0.393 e. The fourth-order valence-corrected chi connectivity index (χ4v) is 2.57. The van der Waals surface area contributed by atoms with Gasteiger partial charge in [-0.3, -0.25) is 0 Å². The van der Waals surface area contributed by atoms with Crippen molar-refractivity contribution >= 4 is 0 Å². The molecule has 0 heterocycles. The van der Waals surface area contributed by atoms with E-state index in [1.54, 1.807) is 0 Å². The summed E-state index contributed by atoms with van der Waals surface area (Å²) in [5.41, 5.74) is 0. The number of hydrogen-bond acceptors (Lipinski definition) is 1. The first-order valence-corrected chi connectivity index (χ1v) is 7.14. The van der Waals surface area contributed by atoms with E-state index in [0.29, 0.717) is 5.92 Å². The lowest BCUT2D eigenvalue weighted by Crippen LogP contribution is -2.08. The first-order valence-electron chi connectivity index (χ1n) is 7.14. The van der Waals surface area contributed by atoms with Gasteiger partial charge >= 0.3 is 0 Å². The maximum atomic E-state index is 9.46. The summed E-state index contributed by atoms with van der Waals surface area (Å²) in [5.74, 6) is 0.611. The Balaban J connectivity index is 2.35. The molecule has 0 spiro atoms. The molecule has 1 heteroatoms. The Morgan fingerprint density at radius 1 is 1.06 bits per heavy atom. The van der Waals surface area contributed by atoms with Crippen molar-refractivity contribution in [3.63, 3.8) is 0 Å². The minimum atomic E-state index is -0.150. The number of hydrogen-bond donors (Lipinski definition) is 1. The summed E-state index contributed by atoms with van der Waals surface area (Å²) >= 11 is 0. The average molecular weight is 224 g/mol. The number of allylic oxidation sites excluding steroid dienone is 2. The molecule has 94 valence electrons. The van der Waals surface area contributed by atoms with E-state index in [4.69, 9.17) is 0 Å². The Bertz CT molecular complexity index is 184. The van der Waals surface area contributed by atoms with Gasteiger partial charge in [0.1, 0.15) is 0 Å². The van der Waals surface area contributed by atoms with Crippen LogP contribution in [0.4, 0.5) is 0 Å². The molecular formula is C15H28O. The first kappa shape index (κ1) is 13.8. The zero-order valence-electron chi connectivity index (χ0n) is 10.8. The van der Waals surface area contributed by atoms with Crippen molar-refractivity contribution in [1.82, 2.24) is 0 Å². The second-order valence-electron chi connectivity index (χ2n) is 5.33. The second kappa shape index (κ2) is 8.81. The van der Waals surface area contributed by atoms with Gasteiger partial charge in [0.05, 0.1) is 6.10 Å². The molecule has 0 fully saturated rings. The third-order valence-electron chi connectivity index (χ3n) is 3.50. The van der Waals surface area contributed by atoms with Crippen molar-refractivity contribution in [2.75, 3.05) is 0 Å². The monoisotopic (exact) mass is 224 g/mol. The number of aliphatic hydroxyl groups is 1. The molecule has 0 bridgehead atoms. The lowest BCUT2D eigenvalue weighted by atomic mass is 9.93. The van der Waals surface area contributed by atoms with Crippen molar-refractivity contribution in [3.05, 3.63) is 12.2 Å². The van der Waals surface area contributed by atoms with Crippen LogP contribution in [0.25, 0.3) is 0 Å². The maximum Gasteiger partial charge on any atom is 0.0517 e. The highest BCUT2D eigenvalue weighted by molar-refractivity contribution is 4.89. The van der Waals surface area contributed by atoms with Crippen LogP contribution in [0.3, 0.4) is 0 Å². The largest absolute Gasteiger partial charge is 0.393 e. The molecule has 0 aliphatic heterocycles. The van der Waals surface area contributed by atoms with Crippen molar-refractivity contribution in [2.24, 2.45) is 5.92 Å². The van der Waals surface area contributed by atoms with Crippen LogP contribution in [-0.2, 0) is 0 Å². The van der Waals surface area contributed by atoms with E-state index >= 15 is 0 Å². The Hall–Kier alpha value is -0.300. The van der Waals surface area contributed by atoms with E-state index in [0.717, 1.165) is 6.42 Å². The molecule has 1 aliphatic rings. The van der Waals surface area contributed by atoms with Crippen LogP contribution in [0.1, 0.15) is 71.1 Å². The Labute approximate surface area is 101 Å². The van der Waals surface area contributed by atoms with Crippen molar-refractivity contribution in [2.45, 2.75) is 77.2 Å². The number of rotatable bonds is 2. The molecule has 0 saturated carbocycles. The fourth-order valence-electron chi connectivity index (χ4n) is 2.57. The van der Waals surface area contributed by atoms with Gasteiger partial charge in [0.15, 0.2) is 0 Å². The lowest BCUT2D eigenvalue weighted by molar-refractivity contribution is 0.166. The molecule has 0 aromatic carbocycles. The summed E-state index contributed by atoms with van der Waals surface area (Å²) in [6.07, 6.45) is 17.7. The molecule has 1 nitrogen and oxygen atoms in total. The van der Waals surface area contributed by atoms with Gasteiger partial charge in [-0.25, -0.2) is 0 Å². The number of aliphatic hydroxyl groups excluding tert-OH is 1. The maximum absolute atomic E-state index is 9.46. The minimum absolute atomic E-state index is 0.150. The standard InChI is InChI=1S/C15H28O/c1-14(16)13-15-11-9-7-5-3-2-4-6-8-10-12-15/h9,11,14-16H,2-8,10,12-13H2,1H3. The molecule has 1 aliphatic carbocycles. The molecule has 0 saturated heterocycles. The van der Waals surface area contributed by atoms with Crippen molar-refractivity contribution in [3.8, 4) is 0 Å². The van der Waals surface area contributed by atoms with Crippen LogP contribution in [0.2, 0.25) is 0 Å². The lowest BCUT2D eigenvalue weighted by Gasteiger charge is -2.15. The van der Waals surface area contributed by atoms with E-state index in [-0.39, 0.29) is 6.10 Å². The third kappa shape index (κ3) is 7.05. The molecule has 1 rings (SSSR count). The molecular weight excluding hydrogens is 196 g/mol. The predicted molar refractivity (Wildman–Crippen MR) is 70.5 cm³/mol. The predicted octanol–water partition coefficient (Wildman–Crippen LogP) is 4.45. The van der Waals surface area contributed by atoms with E-state index < -0.39 is 0 Å². The van der Waals surface area contributed by atoms with Gasteiger partial charge in [-0.2, -0.15) is 0 Å². The fraction of sp³-hybridized carbons (Fsp3) is 0.867. The SMILES string of the molecule is CC(O)CC1C=CCCCCCCCCC1. The molecule has 2 unspecified atom stereocenters. The van der Waals surface area contributed by atoms with Crippen LogP contribution in [0, 0.1) is 5.92 Å². The van der Waals surface area contributed by atoms with Gasteiger partial charge < -0.3 is 5.11 Å². The van der Waals surface area contributed by atoms with Crippen LogP contribution in [0.5, 0.6) is 0 Å². The summed E-state index contributed by atoms with van der Waals surface area (Å²) in [4.78, 5) is 0. The molecule has 0 aromatic rings. The van der Waals surface area contributed by atoms with Crippen LogP contribution in [0.15, 0.2) is 12.2 Å². The molecule has 2 atom stereocenters. The summed E-state index contributed by atoms with van der Waals surface area (Å²) in [5, 5.41) is 9.46. The van der Waals surface area contributed by atoms with Crippen LogP contribution >= 0.6 is 0 Å². The summed E-state index contributed by atoms with van der Waals surface area (Å²) in [6, 6.07) is 0. The second-order valence-corrected chi connectivity index (χ2v) is 5.33. The van der Waals surface area contributed by atoms with E-state index in [9.17, 15) is 5.11 Å². The van der Waals surface area contributed by atoms with Crippen LogP contribution in [-0.4, -0.2) is 11.2 Å². The third-order valence-corrected chi connectivity index (χ3v) is 3.50. The van der Waals surface area contributed by atoms with Gasteiger partial charge in [0, 0.05) is 0 Å². The summed E-state index contributed by atoms with van der Waals surface area (Å²) < 4.78 is 0. The molecule has 1 N–H and O–H groups in total. The highest BCUT2D eigenvalue weighted by Gasteiger charge is 2.08. The average Bonchev–Trinajstić information content (AvgIpc) is 2.21.